The second kappa shape index (κ2) is 13.9. The highest BCUT2D eigenvalue weighted by Gasteiger charge is 2.54. The second-order valence-electron chi connectivity index (χ2n) is 12.2. The number of thioether (sulfide) groups is 2. The number of piperidine rings is 2. The largest absolute Gasteiger partial charge is 0.444 e. The van der Waals surface area contributed by atoms with Crippen molar-refractivity contribution in [2.24, 2.45) is 0 Å². The normalized spacial score (nSPS) is 21.2. The van der Waals surface area contributed by atoms with E-state index in [0.29, 0.717) is 18.4 Å². The van der Waals surface area contributed by atoms with Gasteiger partial charge in [0.1, 0.15) is 26.9 Å². The molecule has 2 aromatic carbocycles. The summed E-state index contributed by atoms with van der Waals surface area (Å²) < 4.78 is 32.8. The predicted octanol–water partition coefficient (Wildman–Crippen LogP) is 5.73. The Kier molecular flexibility index (Phi) is 10.9. The van der Waals surface area contributed by atoms with E-state index in [4.69, 9.17) is 4.74 Å². The van der Waals surface area contributed by atoms with Crippen molar-refractivity contribution in [3.63, 3.8) is 0 Å². The molecule has 0 radical (unpaired) electrons. The monoisotopic (exact) mass is 636 g/mol. The first kappa shape index (κ1) is 33.7. The molecule has 0 atom stereocenters. The molecule has 0 unspecified atom stereocenters. The quantitative estimate of drug-likeness (QED) is 0.366. The summed E-state index contributed by atoms with van der Waals surface area (Å²) in [7, 11) is 0. The lowest BCUT2D eigenvalue weighted by Crippen LogP contribution is -2.55. The van der Waals surface area contributed by atoms with Gasteiger partial charge < -0.3 is 25.2 Å². The number of hydrogen-bond donors (Lipinski definition) is 3. The van der Waals surface area contributed by atoms with E-state index in [1.54, 1.807) is 56.4 Å². The van der Waals surface area contributed by atoms with E-state index in [9.17, 15) is 28.6 Å². The number of carbonyl (C=O) groups excluding carboxylic acids is 2. The molecule has 11 heteroatoms. The number of halogens is 2. The predicted molar refractivity (Wildman–Crippen MR) is 167 cm³/mol. The highest BCUT2D eigenvalue weighted by molar-refractivity contribution is 8.18. The van der Waals surface area contributed by atoms with Crippen molar-refractivity contribution < 1.29 is 33.3 Å². The summed E-state index contributed by atoms with van der Waals surface area (Å²) in [5.74, 6) is 0.482. The molecule has 0 aliphatic carbocycles. The van der Waals surface area contributed by atoms with Gasteiger partial charge in [0, 0.05) is 31.5 Å². The number of ketones is 1. The van der Waals surface area contributed by atoms with Crippen LogP contribution >= 0.6 is 23.5 Å². The van der Waals surface area contributed by atoms with E-state index < -0.39 is 38.6 Å². The summed E-state index contributed by atoms with van der Waals surface area (Å²) in [6.07, 6.45) is 2.12. The lowest BCUT2D eigenvalue weighted by Gasteiger charge is -2.50. The highest BCUT2D eigenvalue weighted by atomic mass is 32.2. The number of Topliss-reactive ketones (excluding diaryl/α,β-unsaturated/α-hetero) is 1. The van der Waals surface area contributed by atoms with E-state index in [0.717, 1.165) is 31.0 Å². The number of nitrogens with zero attached hydrogens (tertiary/aromatic N) is 1. The van der Waals surface area contributed by atoms with E-state index >= 15 is 0 Å². The summed E-state index contributed by atoms with van der Waals surface area (Å²) in [4.78, 5) is 25.9. The maximum Gasteiger partial charge on any atom is 0.410 e. The van der Waals surface area contributed by atoms with Crippen LogP contribution in [0, 0.1) is 11.6 Å². The third kappa shape index (κ3) is 7.73. The Morgan fingerprint density at radius 1 is 0.884 bits per heavy atom. The zero-order valence-electron chi connectivity index (χ0n) is 25.0. The Morgan fingerprint density at radius 3 is 2.00 bits per heavy atom. The minimum Gasteiger partial charge on any atom is -0.444 e. The van der Waals surface area contributed by atoms with Gasteiger partial charge in [0.15, 0.2) is 5.78 Å². The number of carbonyl (C=O) groups is 2. The molecule has 43 heavy (non-hydrogen) atoms. The van der Waals surface area contributed by atoms with Crippen molar-refractivity contribution in [1.29, 1.82) is 0 Å². The van der Waals surface area contributed by atoms with Gasteiger partial charge in [0.25, 0.3) is 0 Å². The lowest BCUT2D eigenvalue weighted by atomic mass is 9.84. The van der Waals surface area contributed by atoms with Crippen LogP contribution < -0.4 is 5.32 Å². The molecule has 3 saturated heterocycles. The number of likely N-dealkylation sites (tertiary alicyclic amines) is 1. The fraction of sp³-hybridized carbons (Fsp3) is 0.562. The molecule has 7 nitrogen and oxygen atoms in total. The lowest BCUT2D eigenvalue weighted by molar-refractivity contribution is -0.0201. The summed E-state index contributed by atoms with van der Waals surface area (Å²) in [6, 6.07) is 12.5. The Hall–Kier alpha value is -2.18. The average molecular weight is 637 g/mol. The maximum atomic E-state index is 14.4. The van der Waals surface area contributed by atoms with Crippen molar-refractivity contribution in [3.05, 3.63) is 71.3 Å². The molecule has 3 N–H and O–H groups in total. The van der Waals surface area contributed by atoms with Gasteiger partial charge in [-0.2, -0.15) is 0 Å². The number of hydrogen-bond acceptors (Lipinski definition) is 8. The third-order valence-corrected chi connectivity index (χ3v) is 11.7. The smallest absolute Gasteiger partial charge is 0.410 e. The first-order chi connectivity index (χ1) is 20.3. The summed E-state index contributed by atoms with van der Waals surface area (Å²) in [5, 5.41) is 25.1. The molecule has 3 fully saturated rings. The van der Waals surface area contributed by atoms with Gasteiger partial charge in [-0.3, -0.25) is 4.79 Å². The molecule has 3 aliphatic heterocycles. The molecule has 2 aromatic rings. The van der Waals surface area contributed by atoms with Crippen molar-refractivity contribution >= 4 is 35.4 Å². The Balaban J connectivity index is 0.000000198. The van der Waals surface area contributed by atoms with Crippen LogP contribution in [-0.4, -0.2) is 81.5 Å². The van der Waals surface area contributed by atoms with E-state index in [1.165, 1.54) is 29.2 Å². The molecule has 0 bridgehead atoms. The molecule has 3 heterocycles. The molecule has 0 aromatic heterocycles. The van der Waals surface area contributed by atoms with Crippen LogP contribution in [0.2, 0.25) is 0 Å². The van der Waals surface area contributed by atoms with Crippen LogP contribution in [0.5, 0.6) is 0 Å². The molecule has 0 saturated carbocycles. The van der Waals surface area contributed by atoms with Crippen LogP contribution in [0.25, 0.3) is 0 Å². The number of aliphatic hydroxyl groups is 2. The van der Waals surface area contributed by atoms with Gasteiger partial charge in [-0.05, 0) is 82.8 Å². The van der Waals surface area contributed by atoms with Gasteiger partial charge in [-0.25, -0.2) is 13.6 Å². The molecular weight excluding hydrogens is 594 g/mol. The van der Waals surface area contributed by atoms with Crippen LogP contribution in [0.4, 0.5) is 13.6 Å². The fourth-order valence-corrected chi connectivity index (χ4v) is 9.37. The van der Waals surface area contributed by atoms with Crippen molar-refractivity contribution in [1.82, 2.24) is 10.2 Å². The first-order valence-electron chi connectivity index (χ1n) is 14.8. The SMILES string of the molecule is CC(C)(C)OC(=O)N1CCC(O)(C(=O)c2ccccc2F)CC1.OC1(C2(c3ccccc3F)SCCCS2)CCNCC1. The Labute approximate surface area is 261 Å². The summed E-state index contributed by atoms with van der Waals surface area (Å²) in [5.41, 5.74) is -2.55. The van der Waals surface area contributed by atoms with Gasteiger partial charge >= 0.3 is 6.09 Å². The number of nitrogens with one attached hydrogen (secondary N) is 1. The molecule has 3 aliphatic rings. The molecular formula is C32H42F2N2O5S2. The van der Waals surface area contributed by atoms with Gasteiger partial charge in [-0.15, -0.1) is 23.5 Å². The molecule has 236 valence electrons. The highest BCUT2D eigenvalue weighted by Crippen LogP contribution is 2.59. The number of ether oxygens (including phenoxy) is 1. The zero-order valence-corrected chi connectivity index (χ0v) is 26.7. The second-order valence-corrected chi connectivity index (χ2v) is 15.1. The van der Waals surface area contributed by atoms with Gasteiger partial charge in [0.2, 0.25) is 0 Å². The van der Waals surface area contributed by atoms with Crippen molar-refractivity contribution in [2.75, 3.05) is 37.7 Å². The standard InChI is InChI=1S/C17H22FNO4.C15H20FNOS2/c1-16(2,3)23-15(21)19-10-8-17(22,9-11-19)14(20)12-6-4-5-7-13(12)18;16-13-5-2-1-4-12(13)15(19-10-3-11-20-15)14(18)6-8-17-9-7-14/h4-7,22H,8-11H2,1-3H3;1-2,4-5,17-18H,3,6-11H2. The van der Waals surface area contributed by atoms with E-state index in [-0.39, 0.29) is 37.3 Å². The van der Waals surface area contributed by atoms with Crippen LogP contribution in [0.3, 0.4) is 0 Å². The zero-order chi connectivity index (χ0) is 31.3. The third-order valence-electron chi connectivity index (χ3n) is 7.95. The fourth-order valence-electron chi connectivity index (χ4n) is 5.61. The van der Waals surface area contributed by atoms with Gasteiger partial charge in [0.05, 0.1) is 11.2 Å². The minimum absolute atomic E-state index is 0.0550. The van der Waals surface area contributed by atoms with Crippen molar-refractivity contribution in [2.45, 2.75) is 73.8 Å². The van der Waals surface area contributed by atoms with Crippen LogP contribution in [-0.2, 0) is 8.82 Å². The number of benzene rings is 2. The minimum atomic E-state index is -1.65. The van der Waals surface area contributed by atoms with Gasteiger partial charge in [-0.1, -0.05) is 30.3 Å². The Morgan fingerprint density at radius 2 is 1.44 bits per heavy atom. The van der Waals surface area contributed by atoms with Crippen LogP contribution in [0.1, 0.15) is 68.8 Å². The topological polar surface area (TPSA) is 99.1 Å². The average Bonchev–Trinajstić information content (AvgIpc) is 2.98. The molecule has 5 rings (SSSR count). The summed E-state index contributed by atoms with van der Waals surface area (Å²) in [6.45, 7) is 7.28. The summed E-state index contributed by atoms with van der Waals surface area (Å²) >= 11 is 3.46. The van der Waals surface area contributed by atoms with E-state index in [2.05, 4.69) is 5.32 Å². The van der Waals surface area contributed by atoms with Crippen LogP contribution in [0.15, 0.2) is 48.5 Å². The molecule has 1 amide bonds. The number of rotatable bonds is 4. The maximum absolute atomic E-state index is 14.4. The van der Waals surface area contributed by atoms with Crippen molar-refractivity contribution in [3.8, 4) is 0 Å². The number of amides is 1. The first-order valence-corrected chi connectivity index (χ1v) is 16.7. The Bertz CT molecular complexity index is 1270. The van der Waals surface area contributed by atoms with E-state index in [1.807, 2.05) is 12.1 Å². The molecule has 0 spiro atoms.